The maximum absolute atomic E-state index is 11.3. The Labute approximate surface area is 93.8 Å². The highest BCUT2D eigenvalue weighted by molar-refractivity contribution is 5.85. The second-order valence-corrected chi connectivity index (χ2v) is 3.32. The van der Waals surface area contributed by atoms with Crippen LogP contribution in [0.3, 0.4) is 0 Å². The quantitative estimate of drug-likeness (QED) is 0.823. The van der Waals surface area contributed by atoms with E-state index in [-0.39, 0.29) is 5.78 Å². The number of rotatable bonds is 4. The predicted octanol–water partition coefficient (Wildman–Crippen LogP) is 0.938. The highest BCUT2D eigenvalue weighted by Crippen LogP contribution is 2.00. The number of amides is 1. The van der Waals surface area contributed by atoms with Gasteiger partial charge in [0.15, 0.2) is 5.78 Å². The number of carbonyl (C=O) groups is 2. The van der Waals surface area contributed by atoms with Gasteiger partial charge in [-0.15, -0.1) is 0 Å². The van der Waals surface area contributed by atoms with E-state index in [9.17, 15) is 9.59 Å². The average molecular weight is 222 g/mol. The lowest BCUT2D eigenvalue weighted by molar-refractivity contribution is -0.118. The Balaban J connectivity index is 2.65. The Morgan fingerprint density at radius 2 is 2.25 bits per heavy atom. The van der Waals surface area contributed by atoms with E-state index in [1.807, 2.05) is 6.07 Å². The summed E-state index contributed by atoms with van der Waals surface area (Å²) in [7, 11) is 1.26. The van der Waals surface area contributed by atoms with Gasteiger partial charge in [0.25, 0.3) is 0 Å². The van der Waals surface area contributed by atoms with Crippen molar-refractivity contribution < 1.29 is 14.3 Å². The van der Waals surface area contributed by atoms with E-state index in [1.165, 1.54) is 14.0 Å². The van der Waals surface area contributed by atoms with E-state index in [1.54, 1.807) is 18.3 Å². The van der Waals surface area contributed by atoms with Crippen LogP contribution in [0, 0.1) is 0 Å². The molecule has 0 saturated carbocycles. The normalized spacial score (nSPS) is 11.6. The van der Waals surface area contributed by atoms with Crippen LogP contribution in [-0.2, 0) is 16.0 Å². The lowest BCUT2D eigenvalue weighted by Gasteiger charge is -2.14. The molecule has 16 heavy (non-hydrogen) atoms. The van der Waals surface area contributed by atoms with E-state index < -0.39 is 12.1 Å². The fraction of sp³-hybridized carbons (Fsp3) is 0.364. The SMILES string of the molecule is COC(=O)N[C@H](Cc1ccccn1)C(C)=O. The summed E-state index contributed by atoms with van der Waals surface area (Å²) in [5.74, 6) is -0.129. The van der Waals surface area contributed by atoms with Crippen molar-refractivity contribution >= 4 is 11.9 Å². The predicted molar refractivity (Wildman–Crippen MR) is 58.0 cm³/mol. The molecule has 0 bridgehead atoms. The Bertz CT molecular complexity index is 365. The van der Waals surface area contributed by atoms with E-state index in [0.717, 1.165) is 5.69 Å². The molecule has 0 aliphatic rings. The number of nitrogens with one attached hydrogen (secondary N) is 1. The molecule has 1 atom stereocenters. The monoisotopic (exact) mass is 222 g/mol. The number of aromatic nitrogens is 1. The molecule has 1 rings (SSSR count). The van der Waals surface area contributed by atoms with Gasteiger partial charge in [-0.3, -0.25) is 9.78 Å². The largest absolute Gasteiger partial charge is 0.453 e. The Morgan fingerprint density at radius 3 is 2.75 bits per heavy atom. The third kappa shape index (κ3) is 3.68. The molecule has 1 aromatic heterocycles. The molecular formula is C11H14N2O3. The second kappa shape index (κ2) is 5.85. The summed E-state index contributed by atoms with van der Waals surface area (Å²) in [6, 6.07) is 4.83. The van der Waals surface area contributed by atoms with Gasteiger partial charge < -0.3 is 10.1 Å². The molecule has 1 heterocycles. The number of ketones is 1. The fourth-order valence-corrected chi connectivity index (χ4v) is 1.23. The van der Waals surface area contributed by atoms with Crippen LogP contribution < -0.4 is 5.32 Å². The van der Waals surface area contributed by atoms with Crippen LogP contribution >= 0.6 is 0 Å². The van der Waals surface area contributed by atoms with Gasteiger partial charge >= 0.3 is 6.09 Å². The number of hydrogen-bond acceptors (Lipinski definition) is 4. The fourth-order valence-electron chi connectivity index (χ4n) is 1.23. The second-order valence-electron chi connectivity index (χ2n) is 3.32. The van der Waals surface area contributed by atoms with Crippen molar-refractivity contribution in [3.8, 4) is 0 Å². The topological polar surface area (TPSA) is 68.3 Å². The third-order valence-corrected chi connectivity index (χ3v) is 2.11. The van der Waals surface area contributed by atoms with Crippen LogP contribution in [0.1, 0.15) is 12.6 Å². The minimum Gasteiger partial charge on any atom is -0.453 e. The third-order valence-electron chi connectivity index (χ3n) is 2.11. The number of Topliss-reactive ketones (excluding diaryl/α,β-unsaturated/α-hetero) is 1. The van der Waals surface area contributed by atoms with Crippen molar-refractivity contribution in [2.75, 3.05) is 7.11 Å². The number of carbonyl (C=O) groups excluding carboxylic acids is 2. The van der Waals surface area contributed by atoms with Crippen molar-refractivity contribution in [1.29, 1.82) is 0 Å². The van der Waals surface area contributed by atoms with Gasteiger partial charge in [-0.1, -0.05) is 6.07 Å². The summed E-state index contributed by atoms with van der Waals surface area (Å²) in [6.07, 6.45) is 1.40. The molecule has 0 spiro atoms. The minimum atomic E-state index is -0.615. The lowest BCUT2D eigenvalue weighted by atomic mass is 10.1. The number of nitrogens with zero attached hydrogens (tertiary/aromatic N) is 1. The van der Waals surface area contributed by atoms with Crippen LogP contribution in [0.5, 0.6) is 0 Å². The van der Waals surface area contributed by atoms with Gasteiger partial charge in [0.2, 0.25) is 0 Å². The molecule has 5 heteroatoms. The van der Waals surface area contributed by atoms with Gasteiger partial charge in [0.1, 0.15) is 0 Å². The highest BCUT2D eigenvalue weighted by Gasteiger charge is 2.18. The number of ether oxygens (including phenoxy) is 1. The maximum Gasteiger partial charge on any atom is 0.407 e. The number of alkyl carbamates (subject to hydrolysis) is 1. The first-order chi connectivity index (χ1) is 7.63. The van der Waals surface area contributed by atoms with E-state index in [2.05, 4.69) is 15.0 Å². The van der Waals surface area contributed by atoms with Gasteiger partial charge in [-0.05, 0) is 19.1 Å². The first kappa shape index (κ1) is 12.2. The van der Waals surface area contributed by atoms with E-state index >= 15 is 0 Å². The molecule has 0 aliphatic heterocycles. The smallest absolute Gasteiger partial charge is 0.407 e. The van der Waals surface area contributed by atoms with Crippen LogP contribution in [0.2, 0.25) is 0 Å². The molecule has 0 radical (unpaired) electrons. The Kier molecular flexibility index (Phi) is 4.44. The standard InChI is InChI=1S/C11H14N2O3/c1-8(14)10(13-11(15)16-2)7-9-5-3-4-6-12-9/h3-6,10H,7H2,1-2H3,(H,13,15)/t10-/m1/s1. The van der Waals surface area contributed by atoms with Crippen LogP contribution in [0.4, 0.5) is 4.79 Å². The molecule has 1 aromatic rings. The van der Waals surface area contributed by atoms with Crippen LogP contribution in [0.15, 0.2) is 24.4 Å². The van der Waals surface area contributed by atoms with Gasteiger partial charge in [0.05, 0.1) is 13.2 Å². The summed E-state index contributed by atoms with van der Waals surface area (Å²) in [5.41, 5.74) is 0.749. The molecule has 1 amide bonds. The molecule has 0 aromatic carbocycles. The van der Waals surface area contributed by atoms with Crippen molar-refractivity contribution in [3.63, 3.8) is 0 Å². The average Bonchev–Trinajstić information content (AvgIpc) is 2.29. The minimum absolute atomic E-state index is 0.129. The summed E-state index contributed by atoms with van der Waals surface area (Å²) in [5, 5.41) is 2.46. The van der Waals surface area contributed by atoms with Gasteiger partial charge in [0, 0.05) is 18.3 Å². The van der Waals surface area contributed by atoms with Crippen LogP contribution in [0.25, 0.3) is 0 Å². The van der Waals surface area contributed by atoms with Gasteiger partial charge in [-0.25, -0.2) is 4.79 Å². The summed E-state index contributed by atoms with van der Waals surface area (Å²) >= 11 is 0. The zero-order valence-electron chi connectivity index (χ0n) is 9.27. The number of hydrogen-bond donors (Lipinski definition) is 1. The summed E-state index contributed by atoms with van der Waals surface area (Å²) in [4.78, 5) is 26.4. The van der Waals surface area contributed by atoms with Crippen LogP contribution in [-0.4, -0.2) is 30.0 Å². The Hall–Kier alpha value is -1.91. The van der Waals surface area contributed by atoms with Crippen molar-refractivity contribution in [2.45, 2.75) is 19.4 Å². The molecule has 0 saturated heterocycles. The van der Waals surface area contributed by atoms with E-state index in [0.29, 0.717) is 6.42 Å². The number of methoxy groups -OCH3 is 1. The maximum atomic E-state index is 11.3. The summed E-state index contributed by atoms with van der Waals surface area (Å²) < 4.78 is 4.45. The highest BCUT2D eigenvalue weighted by atomic mass is 16.5. The zero-order chi connectivity index (χ0) is 12.0. The van der Waals surface area contributed by atoms with Crippen molar-refractivity contribution in [1.82, 2.24) is 10.3 Å². The zero-order valence-corrected chi connectivity index (χ0v) is 9.27. The van der Waals surface area contributed by atoms with E-state index in [4.69, 9.17) is 0 Å². The first-order valence-corrected chi connectivity index (χ1v) is 4.88. The molecule has 0 aliphatic carbocycles. The molecule has 5 nitrogen and oxygen atoms in total. The van der Waals surface area contributed by atoms with Gasteiger partial charge in [-0.2, -0.15) is 0 Å². The molecule has 1 N–H and O–H groups in total. The molecule has 0 unspecified atom stereocenters. The summed E-state index contributed by atoms with van der Waals surface area (Å²) in [6.45, 7) is 1.42. The number of pyridine rings is 1. The molecule has 86 valence electrons. The van der Waals surface area contributed by atoms with Crippen molar-refractivity contribution in [3.05, 3.63) is 30.1 Å². The lowest BCUT2D eigenvalue weighted by Crippen LogP contribution is -2.41. The first-order valence-electron chi connectivity index (χ1n) is 4.88. The molecule has 0 fully saturated rings. The van der Waals surface area contributed by atoms with Crippen molar-refractivity contribution in [2.24, 2.45) is 0 Å². The Morgan fingerprint density at radius 1 is 1.50 bits per heavy atom. The molecular weight excluding hydrogens is 208 g/mol.